The second-order valence-electron chi connectivity index (χ2n) is 4.06. The minimum absolute atomic E-state index is 0.258. The molecule has 0 aromatic carbocycles. The fraction of sp³-hybridized carbons (Fsp3) is 0.214. The van der Waals surface area contributed by atoms with Crippen LogP contribution in [0.5, 0.6) is 0 Å². The molecule has 0 radical (unpaired) electrons. The van der Waals surface area contributed by atoms with Crippen molar-refractivity contribution in [3.63, 3.8) is 0 Å². The molecule has 1 N–H and O–H groups in total. The highest BCUT2D eigenvalue weighted by atomic mass is 32.2. The van der Waals surface area contributed by atoms with E-state index in [1.165, 1.54) is 11.3 Å². The largest absolute Gasteiger partial charge is 0.462 e. The standard InChI is InChI=1S/C14H12N2O3S3/c1-3-19-14(18)11-8(2)10(21-7-15)13(22-11)16-12(17)9-5-4-6-20-9/h4-6H,3H2,1-2H3,(H,16,17). The number of ether oxygens (including phenoxy) is 1. The number of amides is 1. The SMILES string of the molecule is CCOC(=O)c1sc(NC(=O)c2cccs2)c(SC#N)c1C. The number of carbonyl (C=O) groups is 2. The van der Waals surface area contributed by atoms with Crippen molar-refractivity contribution in [1.82, 2.24) is 0 Å². The van der Waals surface area contributed by atoms with Crippen LogP contribution < -0.4 is 5.32 Å². The van der Waals surface area contributed by atoms with Crippen LogP contribution in [0.1, 0.15) is 31.8 Å². The van der Waals surface area contributed by atoms with Gasteiger partial charge < -0.3 is 10.1 Å². The van der Waals surface area contributed by atoms with E-state index in [4.69, 9.17) is 10.00 Å². The summed E-state index contributed by atoms with van der Waals surface area (Å²) >= 11 is 3.37. The van der Waals surface area contributed by atoms with Crippen LogP contribution in [-0.4, -0.2) is 18.5 Å². The molecule has 114 valence electrons. The van der Waals surface area contributed by atoms with E-state index in [9.17, 15) is 9.59 Å². The third-order valence-electron chi connectivity index (χ3n) is 2.67. The minimum Gasteiger partial charge on any atom is -0.462 e. The molecule has 0 saturated heterocycles. The zero-order valence-electron chi connectivity index (χ0n) is 11.8. The summed E-state index contributed by atoms with van der Waals surface area (Å²) in [6.07, 6.45) is 0. The van der Waals surface area contributed by atoms with E-state index in [1.807, 2.05) is 10.8 Å². The topological polar surface area (TPSA) is 79.2 Å². The Labute approximate surface area is 139 Å². The molecular formula is C14H12N2O3S3. The van der Waals surface area contributed by atoms with Crippen LogP contribution in [0.2, 0.25) is 0 Å². The fourth-order valence-electron chi connectivity index (χ4n) is 1.71. The Morgan fingerprint density at radius 2 is 2.27 bits per heavy atom. The lowest BCUT2D eigenvalue weighted by Gasteiger charge is -2.02. The summed E-state index contributed by atoms with van der Waals surface area (Å²) in [6.45, 7) is 3.74. The predicted octanol–water partition coefficient (Wildman–Crippen LogP) is 4.12. The predicted molar refractivity (Wildman–Crippen MR) is 88.8 cm³/mol. The van der Waals surface area contributed by atoms with Gasteiger partial charge in [-0.1, -0.05) is 6.07 Å². The van der Waals surface area contributed by atoms with Crippen molar-refractivity contribution in [3.8, 4) is 5.40 Å². The van der Waals surface area contributed by atoms with Gasteiger partial charge >= 0.3 is 5.97 Å². The van der Waals surface area contributed by atoms with Crippen LogP contribution >= 0.6 is 34.4 Å². The molecule has 1 amide bonds. The van der Waals surface area contributed by atoms with Crippen molar-refractivity contribution in [2.75, 3.05) is 11.9 Å². The molecule has 0 spiro atoms. The smallest absolute Gasteiger partial charge is 0.348 e. The van der Waals surface area contributed by atoms with Gasteiger partial charge in [-0.15, -0.1) is 22.7 Å². The van der Waals surface area contributed by atoms with Crippen molar-refractivity contribution in [3.05, 3.63) is 32.8 Å². The summed E-state index contributed by atoms with van der Waals surface area (Å²) in [5.74, 6) is -0.701. The number of esters is 1. The molecule has 0 atom stereocenters. The molecule has 0 fully saturated rings. The van der Waals surface area contributed by atoms with Crippen molar-refractivity contribution in [2.24, 2.45) is 0 Å². The molecule has 0 aliphatic rings. The maximum Gasteiger partial charge on any atom is 0.348 e. The monoisotopic (exact) mass is 352 g/mol. The number of carbonyl (C=O) groups excluding carboxylic acids is 2. The second-order valence-corrected chi connectivity index (χ2v) is 6.82. The average molecular weight is 352 g/mol. The first kappa shape index (κ1) is 16.5. The van der Waals surface area contributed by atoms with E-state index in [0.29, 0.717) is 25.2 Å². The number of nitriles is 1. The van der Waals surface area contributed by atoms with Crippen LogP contribution in [0.15, 0.2) is 22.4 Å². The Kier molecular flexibility index (Phi) is 5.60. The van der Waals surface area contributed by atoms with Crippen LogP contribution in [0.3, 0.4) is 0 Å². The Bertz CT molecular complexity index is 729. The molecule has 0 bridgehead atoms. The first-order valence-electron chi connectivity index (χ1n) is 6.29. The summed E-state index contributed by atoms with van der Waals surface area (Å²) < 4.78 is 5.00. The lowest BCUT2D eigenvalue weighted by atomic mass is 10.3. The summed E-state index contributed by atoms with van der Waals surface area (Å²) in [4.78, 5) is 25.6. The molecule has 2 heterocycles. The van der Waals surface area contributed by atoms with Gasteiger partial charge in [-0.05, 0) is 42.6 Å². The van der Waals surface area contributed by atoms with Crippen LogP contribution in [0, 0.1) is 17.6 Å². The Balaban J connectivity index is 2.33. The number of anilines is 1. The quantitative estimate of drug-likeness (QED) is 0.497. The number of hydrogen-bond donors (Lipinski definition) is 1. The van der Waals surface area contributed by atoms with E-state index in [0.717, 1.165) is 23.1 Å². The minimum atomic E-state index is -0.443. The summed E-state index contributed by atoms with van der Waals surface area (Å²) in [5, 5.41) is 16.0. The number of thioether (sulfide) groups is 1. The van der Waals surface area contributed by atoms with Crippen LogP contribution in [-0.2, 0) is 4.74 Å². The summed E-state index contributed by atoms with van der Waals surface area (Å²) in [5.41, 5.74) is 0.650. The number of nitrogens with zero attached hydrogens (tertiary/aromatic N) is 1. The van der Waals surface area contributed by atoms with E-state index < -0.39 is 5.97 Å². The molecule has 5 nitrogen and oxygen atoms in total. The highest BCUT2D eigenvalue weighted by molar-refractivity contribution is 8.04. The van der Waals surface area contributed by atoms with E-state index >= 15 is 0 Å². The fourth-order valence-corrected chi connectivity index (χ4v) is 4.13. The molecule has 2 aromatic rings. The van der Waals surface area contributed by atoms with Crippen molar-refractivity contribution in [2.45, 2.75) is 18.7 Å². The Morgan fingerprint density at radius 1 is 1.50 bits per heavy atom. The van der Waals surface area contributed by atoms with E-state index in [-0.39, 0.29) is 12.5 Å². The molecule has 0 aliphatic heterocycles. The third-order valence-corrected chi connectivity index (χ3v) is 5.66. The van der Waals surface area contributed by atoms with Gasteiger partial charge in [-0.3, -0.25) is 4.79 Å². The van der Waals surface area contributed by atoms with Crippen LogP contribution in [0.4, 0.5) is 5.00 Å². The van der Waals surface area contributed by atoms with Gasteiger partial charge in [-0.25, -0.2) is 4.79 Å². The summed E-state index contributed by atoms with van der Waals surface area (Å²) in [7, 11) is 0. The maximum absolute atomic E-state index is 12.1. The third kappa shape index (κ3) is 3.50. The molecule has 22 heavy (non-hydrogen) atoms. The van der Waals surface area contributed by atoms with Gasteiger partial charge in [0.15, 0.2) is 0 Å². The Morgan fingerprint density at radius 3 is 2.86 bits per heavy atom. The van der Waals surface area contributed by atoms with Crippen LogP contribution in [0.25, 0.3) is 0 Å². The van der Waals surface area contributed by atoms with Gasteiger partial charge in [0.25, 0.3) is 5.91 Å². The normalized spacial score (nSPS) is 10.0. The molecule has 2 aromatic heterocycles. The van der Waals surface area contributed by atoms with Crippen molar-refractivity contribution in [1.29, 1.82) is 5.26 Å². The number of thiocyanates is 1. The van der Waals surface area contributed by atoms with E-state index in [2.05, 4.69) is 5.32 Å². The molecular weight excluding hydrogens is 340 g/mol. The molecule has 2 rings (SSSR count). The van der Waals surface area contributed by atoms with Gasteiger partial charge in [0.2, 0.25) is 0 Å². The number of hydrogen-bond acceptors (Lipinski definition) is 7. The lowest BCUT2D eigenvalue weighted by molar-refractivity contribution is 0.0531. The second kappa shape index (κ2) is 7.45. The number of rotatable bonds is 5. The Hall–Kier alpha value is -1.82. The zero-order chi connectivity index (χ0) is 16.1. The van der Waals surface area contributed by atoms with E-state index in [1.54, 1.807) is 26.0 Å². The highest BCUT2D eigenvalue weighted by Crippen LogP contribution is 2.40. The van der Waals surface area contributed by atoms with Gasteiger partial charge in [0.1, 0.15) is 15.3 Å². The van der Waals surface area contributed by atoms with Crippen molar-refractivity contribution >= 4 is 51.3 Å². The molecule has 0 aliphatic carbocycles. The average Bonchev–Trinajstić information content (AvgIpc) is 3.11. The summed E-state index contributed by atoms with van der Waals surface area (Å²) in [6, 6.07) is 3.50. The van der Waals surface area contributed by atoms with Gasteiger partial charge in [0, 0.05) is 0 Å². The first-order chi connectivity index (χ1) is 10.6. The highest BCUT2D eigenvalue weighted by Gasteiger charge is 2.23. The maximum atomic E-state index is 12.1. The van der Waals surface area contributed by atoms with Crippen molar-refractivity contribution < 1.29 is 14.3 Å². The molecule has 8 heteroatoms. The molecule has 0 unspecified atom stereocenters. The number of nitrogens with one attached hydrogen (secondary N) is 1. The first-order valence-corrected chi connectivity index (χ1v) is 8.81. The van der Waals surface area contributed by atoms with Gasteiger partial charge in [-0.2, -0.15) is 5.26 Å². The molecule has 0 saturated carbocycles. The number of thiophene rings is 2. The zero-order valence-corrected chi connectivity index (χ0v) is 14.3. The lowest BCUT2D eigenvalue weighted by Crippen LogP contribution is -2.09. The van der Waals surface area contributed by atoms with Gasteiger partial charge in [0.05, 0.1) is 16.4 Å².